The molecule has 2 aliphatic heterocycles. The number of piperidine rings is 2. The Balaban J connectivity index is 1.33. The summed E-state index contributed by atoms with van der Waals surface area (Å²) in [4.78, 5) is 23.7. The molecule has 7 nitrogen and oxygen atoms in total. The van der Waals surface area contributed by atoms with Crippen LogP contribution in [-0.2, 0) is 28.1 Å². The summed E-state index contributed by atoms with van der Waals surface area (Å²) in [5, 5.41) is 3.50. The third-order valence-corrected chi connectivity index (χ3v) is 11.7. The number of benzene rings is 3. The second-order valence-corrected chi connectivity index (χ2v) is 16.2. The number of alkyl halides is 5. The molecule has 7 rings (SSSR count). The Hall–Kier alpha value is -3.94. The van der Waals surface area contributed by atoms with Gasteiger partial charge in [-0.1, -0.05) is 42.5 Å². The van der Waals surface area contributed by atoms with Crippen molar-refractivity contribution in [3.8, 4) is 11.3 Å². The van der Waals surface area contributed by atoms with E-state index in [4.69, 9.17) is 4.98 Å². The Morgan fingerprint density at radius 3 is 2.22 bits per heavy atom. The maximum absolute atomic E-state index is 14.7. The number of pyridine rings is 1. The highest BCUT2D eigenvalue weighted by Crippen LogP contribution is 2.46. The molecule has 3 aliphatic rings. The molecule has 3 aromatic carbocycles. The smallest absolute Gasteiger partial charge is 0.342 e. The average Bonchev–Trinajstić information content (AvgIpc) is 3.88. The molecule has 3 heterocycles. The molecule has 1 N–H and O–H groups in total. The lowest BCUT2D eigenvalue weighted by molar-refractivity contribution is -0.137. The van der Waals surface area contributed by atoms with Crippen molar-refractivity contribution in [2.75, 3.05) is 32.4 Å². The molecular weight excluding hydrogens is 687 g/mol. The van der Waals surface area contributed by atoms with Crippen molar-refractivity contribution in [2.45, 2.75) is 73.6 Å². The zero-order chi connectivity index (χ0) is 36.2. The summed E-state index contributed by atoms with van der Waals surface area (Å²) in [5.74, 6) is -3.12. The Morgan fingerprint density at radius 2 is 1.59 bits per heavy atom. The van der Waals surface area contributed by atoms with E-state index in [0.29, 0.717) is 57.4 Å². The second-order valence-electron chi connectivity index (χ2n) is 14.1. The summed E-state index contributed by atoms with van der Waals surface area (Å²) in [7, 11) is -3.70. The van der Waals surface area contributed by atoms with E-state index in [1.165, 1.54) is 30.3 Å². The number of amides is 1. The van der Waals surface area contributed by atoms with Crippen LogP contribution in [0.3, 0.4) is 0 Å². The fraction of sp³-hybridized carbons (Fsp3) is 0.421. The number of nitrogens with one attached hydrogen (secondary N) is 1. The number of fused-ring (bicyclic) bond motifs is 1. The highest BCUT2D eigenvalue weighted by molar-refractivity contribution is 7.90. The topological polar surface area (TPSA) is 82.6 Å². The van der Waals surface area contributed by atoms with Crippen LogP contribution in [0.25, 0.3) is 22.2 Å². The van der Waals surface area contributed by atoms with Crippen molar-refractivity contribution in [1.29, 1.82) is 0 Å². The molecule has 0 atom stereocenters. The average molecular weight is 727 g/mol. The molecule has 0 spiro atoms. The van der Waals surface area contributed by atoms with E-state index >= 15 is 0 Å². The Morgan fingerprint density at radius 1 is 0.902 bits per heavy atom. The number of rotatable bonds is 8. The highest BCUT2D eigenvalue weighted by Gasteiger charge is 2.46. The number of likely N-dealkylation sites (tertiary alicyclic amines) is 2. The zero-order valence-corrected chi connectivity index (χ0v) is 29.0. The van der Waals surface area contributed by atoms with Crippen molar-refractivity contribution in [1.82, 2.24) is 20.1 Å². The van der Waals surface area contributed by atoms with E-state index in [2.05, 4.69) is 15.1 Å². The van der Waals surface area contributed by atoms with Crippen LogP contribution in [0.5, 0.6) is 0 Å². The largest absolute Gasteiger partial charge is 0.416 e. The van der Waals surface area contributed by atoms with Crippen molar-refractivity contribution in [2.24, 2.45) is 0 Å². The van der Waals surface area contributed by atoms with Gasteiger partial charge in [0.15, 0.2) is 9.84 Å². The number of nitrogens with zero attached hydrogens (tertiary/aromatic N) is 3. The number of sulfone groups is 1. The van der Waals surface area contributed by atoms with Gasteiger partial charge in [-0.15, -0.1) is 0 Å². The molecule has 1 saturated carbocycles. The van der Waals surface area contributed by atoms with Gasteiger partial charge in [-0.3, -0.25) is 14.6 Å². The number of carbonyl (C=O) groups is 1. The first-order chi connectivity index (χ1) is 24.1. The van der Waals surface area contributed by atoms with Gasteiger partial charge < -0.3 is 5.32 Å². The van der Waals surface area contributed by atoms with Gasteiger partial charge in [-0.25, -0.2) is 22.2 Å². The number of hydrogen-bond donors (Lipinski definition) is 1. The van der Waals surface area contributed by atoms with Gasteiger partial charge in [-0.05, 0) is 74.7 Å². The van der Waals surface area contributed by atoms with Gasteiger partial charge in [0.2, 0.25) is 0 Å². The van der Waals surface area contributed by atoms with E-state index in [1.54, 1.807) is 0 Å². The van der Waals surface area contributed by atoms with Crippen LogP contribution < -0.4 is 5.32 Å². The molecule has 0 radical (unpaired) electrons. The maximum Gasteiger partial charge on any atom is 0.416 e. The van der Waals surface area contributed by atoms with Gasteiger partial charge in [0.25, 0.3) is 11.8 Å². The quantitative estimate of drug-likeness (QED) is 0.190. The molecule has 1 amide bonds. The first-order valence-corrected chi connectivity index (χ1v) is 19.1. The number of aromatic nitrogens is 1. The van der Waals surface area contributed by atoms with Crippen LogP contribution in [0.1, 0.15) is 65.6 Å². The van der Waals surface area contributed by atoms with Gasteiger partial charge >= 0.3 is 6.18 Å². The van der Waals surface area contributed by atoms with Crippen LogP contribution >= 0.6 is 0 Å². The summed E-state index contributed by atoms with van der Waals surface area (Å²) in [6.07, 6.45) is -1.13. The summed E-state index contributed by atoms with van der Waals surface area (Å²) < 4.78 is 95.0. The van der Waals surface area contributed by atoms with Crippen LogP contribution in [0, 0.1) is 0 Å². The van der Waals surface area contributed by atoms with Crippen LogP contribution in [-0.4, -0.2) is 73.5 Å². The first-order valence-electron chi connectivity index (χ1n) is 17.2. The maximum atomic E-state index is 14.7. The lowest BCUT2D eigenvalue weighted by Crippen LogP contribution is -2.49. The Kier molecular flexibility index (Phi) is 9.20. The minimum atomic E-state index is -4.62. The summed E-state index contributed by atoms with van der Waals surface area (Å²) in [6.45, 7) is 1.93. The minimum absolute atomic E-state index is 0.0132. The van der Waals surface area contributed by atoms with E-state index in [0.717, 1.165) is 24.0 Å². The molecule has 0 bridgehead atoms. The molecule has 0 unspecified atom stereocenters. The van der Waals surface area contributed by atoms with Crippen molar-refractivity contribution in [3.63, 3.8) is 0 Å². The van der Waals surface area contributed by atoms with Gasteiger partial charge in [0.1, 0.15) is 0 Å². The lowest BCUT2D eigenvalue weighted by atomic mass is 9.93. The normalized spacial score (nSPS) is 20.0. The molecular formula is C38H39F5N4O3S. The lowest BCUT2D eigenvalue weighted by Gasteiger charge is -2.42. The highest BCUT2D eigenvalue weighted by atomic mass is 32.2. The van der Waals surface area contributed by atoms with Gasteiger partial charge in [0.05, 0.1) is 32.8 Å². The fourth-order valence-electron chi connectivity index (χ4n) is 7.54. The van der Waals surface area contributed by atoms with E-state index in [9.17, 15) is 35.2 Å². The molecule has 1 aliphatic carbocycles. The van der Waals surface area contributed by atoms with Gasteiger partial charge in [0, 0.05) is 61.3 Å². The van der Waals surface area contributed by atoms with Crippen molar-refractivity contribution < 1.29 is 35.2 Å². The molecule has 51 heavy (non-hydrogen) atoms. The number of halogens is 5. The summed E-state index contributed by atoms with van der Waals surface area (Å²) in [5.41, 5.74) is 0.636. The van der Waals surface area contributed by atoms with Gasteiger partial charge in [-0.2, -0.15) is 13.2 Å². The van der Waals surface area contributed by atoms with E-state index in [1.807, 2.05) is 30.3 Å². The first kappa shape index (κ1) is 35.5. The fourth-order valence-corrected chi connectivity index (χ4v) is 8.18. The molecule has 1 aromatic heterocycles. The number of carbonyl (C=O) groups excluding carboxylic acids is 1. The SMILES string of the molecule is CS(=O)(=O)c1ccc2nc(-c3cccc(C(F)(F)F)c3)c(CN3CCC(N4CCC(F)(F)CC4)CC3)c(C(=O)NC3(c4ccccc4)CC3)c2c1. The Bertz CT molecular complexity index is 2050. The Labute approximate surface area is 293 Å². The number of hydrogen-bond acceptors (Lipinski definition) is 6. The molecule has 2 saturated heterocycles. The molecule has 3 fully saturated rings. The predicted octanol–water partition coefficient (Wildman–Crippen LogP) is 7.44. The molecule has 270 valence electrons. The zero-order valence-electron chi connectivity index (χ0n) is 28.1. The third-order valence-electron chi connectivity index (χ3n) is 10.6. The molecule has 4 aromatic rings. The third kappa shape index (κ3) is 7.52. The summed E-state index contributed by atoms with van der Waals surface area (Å²) >= 11 is 0. The van der Waals surface area contributed by atoms with E-state index < -0.39 is 38.9 Å². The van der Waals surface area contributed by atoms with Crippen molar-refractivity contribution in [3.05, 3.63) is 95.1 Å². The van der Waals surface area contributed by atoms with Crippen LogP contribution in [0.2, 0.25) is 0 Å². The van der Waals surface area contributed by atoms with Crippen LogP contribution in [0.4, 0.5) is 22.0 Å². The minimum Gasteiger partial charge on any atom is -0.342 e. The van der Waals surface area contributed by atoms with E-state index in [-0.39, 0.29) is 58.0 Å². The summed E-state index contributed by atoms with van der Waals surface area (Å²) in [6, 6.07) is 18.8. The predicted molar refractivity (Wildman–Crippen MR) is 184 cm³/mol. The monoisotopic (exact) mass is 726 g/mol. The molecule has 13 heteroatoms. The second kappa shape index (κ2) is 13.2. The standard InChI is InChI=1S/C38H39F5N4O3S/c1-51(49,50)29-10-11-32-30(23-29)33(35(48)45-36(14-15-36)26-7-3-2-4-8-26)31(34(44-32)25-6-5-9-27(22-25)38(41,42)43)24-46-18-12-28(13-19-46)47-20-16-37(39,40)17-21-47/h2-11,22-23,28H,12-21,24H2,1H3,(H,45,48). The van der Waals surface area contributed by atoms with Crippen LogP contribution in [0.15, 0.2) is 77.7 Å². The van der Waals surface area contributed by atoms with Crippen molar-refractivity contribution >= 4 is 26.6 Å².